The molecule has 1 aliphatic heterocycles. The van der Waals surface area contributed by atoms with Gasteiger partial charge in [-0.05, 0) is 43.9 Å². The minimum atomic E-state index is -0.311. The molecule has 0 spiro atoms. The van der Waals surface area contributed by atoms with Crippen molar-refractivity contribution in [1.29, 1.82) is 0 Å². The van der Waals surface area contributed by atoms with Crippen LogP contribution in [-0.2, 0) is 6.54 Å². The normalized spacial score (nSPS) is 14.6. The maximum absolute atomic E-state index is 11.9. The lowest BCUT2D eigenvalue weighted by Crippen LogP contribution is -2.31. The van der Waals surface area contributed by atoms with Crippen molar-refractivity contribution in [1.82, 2.24) is 15.5 Å². The van der Waals surface area contributed by atoms with E-state index in [1.54, 1.807) is 19.2 Å². The summed E-state index contributed by atoms with van der Waals surface area (Å²) in [6.07, 6.45) is 5.51. The molecule has 0 radical (unpaired) electrons. The minimum Gasteiger partial charge on any atom is -0.360 e. The summed E-state index contributed by atoms with van der Waals surface area (Å²) in [7, 11) is 0. The number of aryl methyl sites for hydroxylation is 1. The van der Waals surface area contributed by atoms with Gasteiger partial charge in [-0.1, -0.05) is 5.16 Å². The number of carbonyl (C=O) groups is 1. The molecule has 2 amide bonds. The fraction of sp³-hybridized carbons (Fsp3) is 0.438. The van der Waals surface area contributed by atoms with E-state index in [4.69, 9.17) is 4.52 Å². The van der Waals surface area contributed by atoms with E-state index in [1.807, 2.05) is 12.1 Å². The van der Waals surface area contributed by atoms with Crippen LogP contribution in [0.3, 0.4) is 0 Å². The van der Waals surface area contributed by atoms with Gasteiger partial charge < -0.3 is 14.7 Å². The lowest BCUT2D eigenvalue weighted by atomic mass is 10.1. The Balaban J connectivity index is 1.54. The number of anilines is 2. The Labute approximate surface area is 135 Å². The third-order valence-corrected chi connectivity index (χ3v) is 3.81. The molecule has 1 fully saturated rings. The number of hydrogen-bond acceptors (Lipinski definition) is 5. The Hall–Kier alpha value is -2.57. The summed E-state index contributed by atoms with van der Waals surface area (Å²) in [4.78, 5) is 18.6. The average Bonchev–Trinajstić information content (AvgIpc) is 2.99. The van der Waals surface area contributed by atoms with Gasteiger partial charge in [0.1, 0.15) is 11.6 Å². The van der Waals surface area contributed by atoms with Crippen molar-refractivity contribution >= 4 is 17.7 Å². The SMILES string of the molecule is Cc1cc(NC(=O)NCc2ccnc(N3CCCCC3)c2)no1. The number of nitrogens with one attached hydrogen (secondary N) is 2. The van der Waals surface area contributed by atoms with Crippen molar-refractivity contribution in [3.63, 3.8) is 0 Å². The van der Waals surface area contributed by atoms with Crippen LogP contribution in [0.4, 0.5) is 16.4 Å². The maximum atomic E-state index is 11.9. The van der Waals surface area contributed by atoms with Gasteiger partial charge in [0.2, 0.25) is 0 Å². The lowest BCUT2D eigenvalue weighted by molar-refractivity contribution is 0.251. The van der Waals surface area contributed by atoms with E-state index in [-0.39, 0.29) is 6.03 Å². The number of hydrogen-bond donors (Lipinski definition) is 2. The van der Waals surface area contributed by atoms with Crippen LogP contribution < -0.4 is 15.5 Å². The number of piperidine rings is 1. The summed E-state index contributed by atoms with van der Waals surface area (Å²) in [6, 6.07) is 5.30. The van der Waals surface area contributed by atoms with Crippen molar-refractivity contribution in [3.05, 3.63) is 35.7 Å². The number of carbonyl (C=O) groups excluding carboxylic acids is 1. The molecule has 1 aliphatic rings. The Morgan fingerprint density at radius 3 is 2.87 bits per heavy atom. The van der Waals surface area contributed by atoms with Crippen LogP contribution in [-0.4, -0.2) is 29.3 Å². The summed E-state index contributed by atoms with van der Waals surface area (Å²) < 4.78 is 4.90. The highest BCUT2D eigenvalue weighted by Crippen LogP contribution is 2.18. The second kappa shape index (κ2) is 7.13. The van der Waals surface area contributed by atoms with Gasteiger partial charge in [-0.25, -0.2) is 9.78 Å². The smallest absolute Gasteiger partial charge is 0.320 e. The van der Waals surface area contributed by atoms with Crippen molar-refractivity contribution in [2.45, 2.75) is 32.7 Å². The molecule has 0 saturated carbocycles. The first-order valence-corrected chi connectivity index (χ1v) is 7.89. The van der Waals surface area contributed by atoms with Crippen molar-refractivity contribution in [2.24, 2.45) is 0 Å². The zero-order chi connectivity index (χ0) is 16.1. The maximum Gasteiger partial charge on any atom is 0.320 e. The van der Waals surface area contributed by atoms with Gasteiger partial charge in [0.25, 0.3) is 0 Å². The molecular weight excluding hydrogens is 294 g/mol. The average molecular weight is 315 g/mol. The zero-order valence-electron chi connectivity index (χ0n) is 13.2. The molecule has 3 rings (SSSR count). The minimum absolute atomic E-state index is 0.311. The van der Waals surface area contributed by atoms with Gasteiger partial charge in [0.15, 0.2) is 5.82 Å². The molecular formula is C16H21N5O2. The molecule has 7 heteroatoms. The van der Waals surface area contributed by atoms with Gasteiger partial charge in [-0.15, -0.1) is 0 Å². The first kappa shape index (κ1) is 15.3. The summed E-state index contributed by atoms with van der Waals surface area (Å²) in [5.74, 6) is 2.04. The first-order chi connectivity index (χ1) is 11.2. The largest absolute Gasteiger partial charge is 0.360 e. The number of nitrogens with zero attached hydrogens (tertiary/aromatic N) is 3. The molecule has 0 bridgehead atoms. The van der Waals surface area contributed by atoms with Gasteiger partial charge in [0, 0.05) is 31.9 Å². The zero-order valence-corrected chi connectivity index (χ0v) is 13.2. The third kappa shape index (κ3) is 4.21. The standard InChI is InChI=1S/C16H21N5O2/c1-12-9-14(20-23-12)19-16(22)18-11-13-5-6-17-15(10-13)21-7-3-2-4-8-21/h5-6,9-10H,2-4,7-8,11H2,1H3,(H2,18,19,20,22). The molecule has 3 heterocycles. The molecule has 23 heavy (non-hydrogen) atoms. The van der Waals surface area contributed by atoms with E-state index in [2.05, 4.69) is 25.7 Å². The topological polar surface area (TPSA) is 83.3 Å². The molecule has 122 valence electrons. The molecule has 0 unspecified atom stereocenters. The lowest BCUT2D eigenvalue weighted by Gasteiger charge is -2.27. The van der Waals surface area contributed by atoms with Crippen LogP contribution in [0.5, 0.6) is 0 Å². The van der Waals surface area contributed by atoms with Gasteiger partial charge in [-0.2, -0.15) is 0 Å². The quantitative estimate of drug-likeness (QED) is 0.906. The Morgan fingerprint density at radius 2 is 2.13 bits per heavy atom. The van der Waals surface area contributed by atoms with Gasteiger partial charge >= 0.3 is 6.03 Å². The van der Waals surface area contributed by atoms with Crippen molar-refractivity contribution in [3.8, 4) is 0 Å². The van der Waals surface area contributed by atoms with E-state index in [9.17, 15) is 4.79 Å². The molecule has 0 aromatic carbocycles. The van der Waals surface area contributed by atoms with E-state index in [1.165, 1.54) is 19.3 Å². The van der Waals surface area contributed by atoms with Gasteiger partial charge in [0.05, 0.1) is 0 Å². The molecule has 0 atom stereocenters. The van der Waals surface area contributed by atoms with Crippen LogP contribution in [0.1, 0.15) is 30.6 Å². The summed E-state index contributed by atoms with van der Waals surface area (Å²) in [5.41, 5.74) is 1.02. The Kier molecular flexibility index (Phi) is 4.75. The van der Waals surface area contributed by atoms with Crippen molar-refractivity contribution in [2.75, 3.05) is 23.3 Å². The molecule has 7 nitrogen and oxygen atoms in total. The Morgan fingerprint density at radius 1 is 1.30 bits per heavy atom. The van der Waals surface area contributed by atoms with E-state index >= 15 is 0 Å². The van der Waals surface area contributed by atoms with Gasteiger partial charge in [-0.3, -0.25) is 5.32 Å². The highest BCUT2D eigenvalue weighted by atomic mass is 16.5. The van der Waals surface area contributed by atoms with Crippen LogP contribution in [0.2, 0.25) is 0 Å². The predicted octanol–water partition coefficient (Wildman–Crippen LogP) is 2.69. The van der Waals surface area contributed by atoms with E-state index in [0.29, 0.717) is 18.1 Å². The highest BCUT2D eigenvalue weighted by molar-refractivity contribution is 5.88. The van der Waals surface area contributed by atoms with Crippen LogP contribution >= 0.6 is 0 Å². The molecule has 2 aromatic rings. The fourth-order valence-electron chi connectivity index (χ4n) is 2.63. The molecule has 2 aromatic heterocycles. The van der Waals surface area contributed by atoms with Crippen LogP contribution in [0, 0.1) is 6.92 Å². The fourth-order valence-corrected chi connectivity index (χ4v) is 2.63. The number of pyridine rings is 1. The summed E-state index contributed by atoms with van der Waals surface area (Å²) in [5, 5.41) is 9.16. The molecule has 1 saturated heterocycles. The molecule has 2 N–H and O–H groups in total. The van der Waals surface area contributed by atoms with Crippen molar-refractivity contribution < 1.29 is 9.32 Å². The third-order valence-electron chi connectivity index (χ3n) is 3.81. The summed E-state index contributed by atoms with van der Waals surface area (Å²) >= 11 is 0. The first-order valence-electron chi connectivity index (χ1n) is 7.89. The number of urea groups is 1. The van der Waals surface area contributed by atoms with E-state index in [0.717, 1.165) is 24.5 Å². The number of amides is 2. The number of aromatic nitrogens is 2. The Bertz CT molecular complexity index is 664. The van der Waals surface area contributed by atoms with Crippen LogP contribution in [0.15, 0.2) is 28.9 Å². The predicted molar refractivity (Wildman–Crippen MR) is 87.4 cm³/mol. The second-order valence-electron chi connectivity index (χ2n) is 5.70. The van der Waals surface area contributed by atoms with E-state index < -0.39 is 0 Å². The monoisotopic (exact) mass is 315 g/mol. The van der Waals surface area contributed by atoms with Crippen LogP contribution in [0.25, 0.3) is 0 Å². The number of rotatable bonds is 4. The molecule has 0 aliphatic carbocycles. The summed E-state index contributed by atoms with van der Waals surface area (Å²) in [6.45, 7) is 4.31. The highest BCUT2D eigenvalue weighted by Gasteiger charge is 2.12. The second-order valence-corrected chi connectivity index (χ2v) is 5.70.